The summed E-state index contributed by atoms with van der Waals surface area (Å²) < 4.78 is 5.73. The van der Waals surface area contributed by atoms with E-state index < -0.39 is 0 Å². The Balaban J connectivity index is 1.54. The number of ether oxygens (including phenoxy) is 1. The molecule has 6 nitrogen and oxygen atoms in total. The Morgan fingerprint density at radius 3 is 2.88 bits per heavy atom. The standard InChI is InChI=1S/C19H20N4O2S/c24-19(18-12-20-23(21-18)15-6-2-1-3-7-15)22(13-16-8-4-10-25-16)14-17-9-5-11-26-17/h1-3,5-7,9,11-12,16H,4,8,10,13-14H2. The monoisotopic (exact) mass is 368 g/mol. The molecule has 1 aliphatic heterocycles. The van der Waals surface area contributed by atoms with Crippen LogP contribution in [-0.4, -0.2) is 45.1 Å². The van der Waals surface area contributed by atoms with Crippen LogP contribution in [0, 0.1) is 0 Å². The number of hydrogen-bond donors (Lipinski definition) is 0. The van der Waals surface area contributed by atoms with Gasteiger partial charge in [0.05, 0.1) is 24.5 Å². The number of aromatic nitrogens is 3. The van der Waals surface area contributed by atoms with Crippen molar-refractivity contribution in [1.82, 2.24) is 19.9 Å². The molecule has 1 aliphatic rings. The van der Waals surface area contributed by atoms with Crippen LogP contribution in [0.4, 0.5) is 0 Å². The molecule has 3 aromatic rings. The van der Waals surface area contributed by atoms with Gasteiger partial charge in [-0.25, -0.2) is 0 Å². The highest BCUT2D eigenvalue weighted by Crippen LogP contribution is 2.19. The van der Waals surface area contributed by atoms with Crippen molar-refractivity contribution in [2.45, 2.75) is 25.5 Å². The van der Waals surface area contributed by atoms with Gasteiger partial charge in [-0.15, -0.1) is 16.4 Å². The van der Waals surface area contributed by atoms with Crippen LogP contribution in [0.25, 0.3) is 5.69 Å². The second-order valence-corrected chi connectivity index (χ2v) is 7.29. The molecule has 26 heavy (non-hydrogen) atoms. The van der Waals surface area contributed by atoms with E-state index in [0.29, 0.717) is 18.8 Å². The molecular weight excluding hydrogens is 348 g/mol. The quantitative estimate of drug-likeness (QED) is 0.671. The maximum Gasteiger partial charge on any atom is 0.276 e. The van der Waals surface area contributed by atoms with Gasteiger partial charge in [-0.05, 0) is 36.4 Å². The van der Waals surface area contributed by atoms with E-state index in [0.717, 1.165) is 30.0 Å². The van der Waals surface area contributed by atoms with E-state index in [9.17, 15) is 4.79 Å². The van der Waals surface area contributed by atoms with Gasteiger partial charge in [-0.2, -0.15) is 9.90 Å². The smallest absolute Gasteiger partial charge is 0.276 e. The first-order valence-corrected chi connectivity index (χ1v) is 9.58. The molecule has 1 atom stereocenters. The van der Waals surface area contributed by atoms with E-state index in [4.69, 9.17) is 4.74 Å². The molecular formula is C19H20N4O2S. The molecule has 4 rings (SSSR count). The van der Waals surface area contributed by atoms with Gasteiger partial charge in [0.25, 0.3) is 5.91 Å². The third-order valence-corrected chi connectivity index (χ3v) is 5.22. The molecule has 0 saturated carbocycles. The number of benzene rings is 1. The molecule has 134 valence electrons. The fourth-order valence-electron chi connectivity index (χ4n) is 3.05. The summed E-state index contributed by atoms with van der Waals surface area (Å²) in [5.74, 6) is -0.115. The molecule has 0 aliphatic carbocycles. The first-order chi connectivity index (χ1) is 12.8. The second-order valence-electron chi connectivity index (χ2n) is 6.25. The fourth-order valence-corrected chi connectivity index (χ4v) is 3.77. The third kappa shape index (κ3) is 3.84. The van der Waals surface area contributed by atoms with Gasteiger partial charge in [0, 0.05) is 18.0 Å². The largest absolute Gasteiger partial charge is 0.376 e. The minimum absolute atomic E-state index is 0.100. The van der Waals surface area contributed by atoms with E-state index in [2.05, 4.69) is 10.2 Å². The lowest BCUT2D eigenvalue weighted by Crippen LogP contribution is -2.37. The van der Waals surface area contributed by atoms with E-state index >= 15 is 0 Å². The summed E-state index contributed by atoms with van der Waals surface area (Å²) in [6.45, 7) is 1.92. The summed E-state index contributed by atoms with van der Waals surface area (Å²) in [7, 11) is 0. The van der Waals surface area contributed by atoms with Crippen LogP contribution >= 0.6 is 11.3 Å². The predicted molar refractivity (Wildman–Crippen MR) is 99.4 cm³/mol. The number of carbonyl (C=O) groups is 1. The fraction of sp³-hybridized carbons (Fsp3) is 0.316. The molecule has 1 amide bonds. The average molecular weight is 368 g/mol. The highest BCUT2D eigenvalue weighted by molar-refractivity contribution is 7.09. The van der Waals surface area contributed by atoms with Crippen molar-refractivity contribution in [2.75, 3.05) is 13.2 Å². The molecule has 3 heterocycles. The summed E-state index contributed by atoms with van der Waals surface area (Å²) in [5, 5.41) is 10.7. The van der Waals surface area contributed by atoms with Crippen molar-refractivity contribution in [3.8, 4) is 5.69 Å². The van der Waals surface area contributed by atoms with E-state index in [1.165, 1.54) is 11.0 Å². The van der Waals surface area contributed by atoms with Crippen molar-refractivity contribution in [2.24, 2.45) is 0 Å². The highest BCUT2D eigenvalue weighted by atomic mass is 32.1. The van der Waals surface area contributed by atoms with Gasteiger partial charge >= 0.3 is 0 Å². The molecule has 7 heteroatoms. The minimum Gasteiger partial charge on any atom is -0.376 e. The number of rotatable bonds is 6. The van der Waals surface area contributed by atoms with E-state index in [-0.39, 0.29) is 12.0 Å². The van der Waals surface area contributed by atoms with Crippen LogP contribution in [0.3, 0.4) is 0 Å². The van der Waals surface area contributed by atoms with Gasteiger partial charge in [0.15, 0.2) is 5.69 Å². The molecule has 1 fully saturated rings. The number of para-hydroxylation sites is 1. The van der Waals surface area contributed by atoms with E-state index in [1.54, 1.807) is 11.3 Å². The molecule has 1 saturated heterocycles. The Morgan fingerprint density at radius 1 is 1.27 bits per heavy atom. The summed E-state index contributed by atoms with van der Waals surface area (Å²) >= 11 is 1.65. The molecule has 0 radical (unpaired) electrons. The molecule has 1 aromatic carbocycles. The lowest BCUT2D eigenvalue weighted by atomic mass is 10.2. The number of thiophene rings is 1. The van der Waals surface area contributed by atoms with Gasteiger partial charge in [-0.1, -0.05) is 24.3 Å². The SMILES string of the molecule is O=C(c1cnn(-c2ccccc2)n1)N(Cc1cccs1)CC1CCCO1. The Morgan fingerprint density at radius 2 is 2.15 bits per heavy atom. The van der Waals surface area contributed by atoms with Crippen molar-refractivity contribution in [3.05, 3.63) is 64.6 Å². The molecule has 0 bridgehead atoms. The number of carbonyl (C=O) groups excluding carboxylic acids is 1. The molecule has 2 aromatic heterocycles. The van der Waals surface area contributed by atoms with Crippen molar-refractivity contribution in [1.29, 1.82) is 0 Å². The summed E-state index contributed by atoms with van der Waals surface area (Å²) in [4.78, 5) is 17.5. The Labute approximate surface area is 156 Å². The van der Waals surface area contributed by atoms with E-state index in [1.807, 2.05) is 52.7 Å². The zero-order chi connectivity index (χ0) is 17.8. The lowest BCUT2D eigenvalue weighted by molar-refractivity contribution is 0.0505. The van der Waals surface area contributed by atoms with Gasteiger partial charge in [-0.3, -0.25) is 4.79 Å². The predicted octanol–water partition coefficient (Wildman–Crippen LogP) is 3.15. The van der Waals surface area contributed by atoms with Crippen LogP contribution in [-0.2, 0) is 11.3 Å². The third-order valence-electron chi connectivity index (χ3n) is 4.36. The van der Waals surface area contributed by atoms with Crippen LogP contribution in [0.1, 0.15) is 28.2 Å². The van der Waals surface area contributed by atoms with Crippen LogP contribution in [0.2, 0.25) is 0 Å². The van der Waals surface area contributed by atoms with Gasteiger partial charge in [0.1, 0.15) is 0 Å². The summed E-state index contributed by atoms with van der Waals surface area (Å²) in [6, 6.07) is 13.6. The lowest BCUT2D eigenvalue weighted by Gasteiger charge is -2.24. The van der Waals surface area contributed by atoms with Crippen molar-refractivity contribution >= 4 is 17.2 Å². The topological polar surface area (TPSA) is 60.2 Å². The first-order valence-electron chi connectivity index (χ1n) is 8.70. The highest BCUT2D eigenvalue weighted by Gasteiger charge is 2.25. The zero-order valence-corrected chi connectivity index (χ0v) is 15.1. The van der Waals surface area contributed by atoms with Crippen LogP contribution in [0.15, 0.2) is 54.0 Å². The van der Waals surface area contributed by atoms with Crippen molar-refractivity contribution in [3.63, 3.8) is 0 Å². The molecule has 0 N–H and O–H groups in total. The number of hydrogen-bond acceptors (Lipinski definition) is 5. The van der Waals surface area contributed by atoms with Gasteiger partial charge in [0.2, 0.25) is 0 Å². The normalized spacial score (nSPS) is 16.7. The molecule has 1 unspecified atom stereocenters. The zero-order valence-electron chi connectivity index (χ0n) is 14.3. The Hall–Kier alpha value is -2.51. The second kappa shape index (κ2) is 7.80. The number of amides is 1. The first kappa shape index (κ1) is 16.9. The number of nitrogens with zero attached hydrogens (tertiary/aromatic N) is 4. The summed E-state index contributed by atoms with van der Waals surface area (Å²) in [6.07, 6.45) is 3.68. The Bertz CT molecular complexity index is 842. The Kier molecular flexibility index (Phi) is 5.08. The maximum absolute atomic E-state index is 13.1. The van der Waals surface area contributed by atoms with Crippen LogP contribution < -0.4 is 0 Å². The maximum atomic E-state index is 13.1. The molecule has 0 spiro atoms. The van der Waals surface area contributed by atoms with Gasteiger partial charge < -0.3 is 9.64 Å². The average Bonchev–Trinajstić information content (AvgIpc) is 3.44. The van der Waals surface area contributed by atoms with Crippen LogP contribution in [0.5, 0.6) is 0 Å². The minimum atomic E-state index is -0.115. The summed E-state index contributed by atoms with van der Waals surface area (Å²) in [5.41, 5.74) is 1.18. The van der Waals surface area contributed by atoms with Crippen molar-refractivity contribution < 1.29 is 9.53 Å².